The maximum atomic E-state index is 6.47. The molecule has 0 saturated heterocycles. The molecule has 9 aromatic carbocycles. The van der Waals surface area contributed by atoms with E-state index in [0.717, 1.165) is 49.8 Å². The van der Waals surface area contributed by atoms with Crippen LogP contribution in [0.5, 0.6) is 0 Å². The standard InChI is InChI=1S/C58H34N4OS/c1-2-15-35(16-3-1)55-59-56(61-57(60-55)42-21-14-20-41-40-19-6-11-26-51(40)63-54(41)42)36-29-31-37(32-30-36)62-49-25-10-5-18-39(49)44-33-43-38-17-4-7-22-45(38)58(48(43)34-50(44)62)46-23-8-12-27-52(46)64-53-28-13-9-24-47(53)58/h1-34H. The lowest BCUT2D eigenvalue weighted by molar-refractivity contribution is 0.669. The summed E-state index contributed by atoms with van der Waals surface area (Å²) in [6, 6.07) is 73.9. The highest BCUT2D eigenvalue weighted by Crippen LogP contribution is 2.62. The lowest BCUT2D eigenvalue weighted by atomic mass is 9.67. The van der Waals surface area contributed by atoms with Crippen LogP contribution in [0.3, 0.4) is 0 Å². The highest BCUT2D eigenvalue weighted by atomic mass is 32.2. The Balaban J connectivity index is 0.967. The van der Waals surface area contributed by atoms with Crippen molar-refractivity contribution in [2.24, 2.45) is 0 Å². The van der Waals surface area contributed by atoms with E-state index in [1.54, 1.807) is 0 Å². The number of para-hydroxylation sites is 3. The van der Waals surface area contributed by atoms with Crippen LogP contribution in [0.2, 0.25) is 0 Å². The number of furan rings is 1. The number of aromatic nitrogens is 4. The van der Waals surface area contributed by atoms with Crippen molar-refractivity contribution in [1.29, 1.82) is 0 Å². The molecule has 0 unspecified atom stereocenters. The molecule has 2 aliphatic rings. The molecule has 298 valence electrons. The first-order chi connectivity index (χ1) is 31.7. The van der Waals surface area contributed by atoms with Crippen molar-refractivity contribution in [3.8, 4) is 51.0 Å². The van der Waals surface area contributed by atoms with E-state index in [-0.39, 0.29) is 0 Å². The Kier molecular flexibility index (Phi) is 7.48. The quantitative estimate of drug-likeness (QED) is 0.177. The topological polar surface area (TPSA) is 56.7 Å². The summed E-state index contributed by atoms with van der Waals surface area (Å²) in [5, 5.41) is 4.54. The van der Waals surface area contributed by atoms with Crippen LogP contribution in [-0.2, 0) is 5.41 Å². The molecule has 0 fully saturated rings. The summed E-state index contributed by atoms with van der Waals surface area (Å²) in [6.07, 6.45) is 0. The van der Waals surface area contributed by atoms with Crippen molar-refractivity contribution < 1.29 is 4.42 Å². The molecule has 4 heterocycles. The number of nitrogens with zero attached hydrogens (tertiary/aromatic N) is 4. The molecule has 6 heteroatoms. The Morgan fingerprint density at radius 3 is 1.77 bits per heavy atom. The minimum Gasteiger partial charge on any atom is -0.455 e. The van der Waals surface area contributed by atoms with E-state index >= 15 is 0 Å². The third kappa shape index (κ3) is 4.94. The lowest BCUT2D eigenvalue weighted by Gasteiger charge is -2.39. The summed E-state index contributed by atoms with van der Waals surface area (Å²) in [5.74, 6) is 1.76. The van der Waals surface area contributed by atoms with E-state index in [4.69, 9.17) is 19.4 Å². The number of rotatable bonds is 4. The van der Waals surface area contributed by atoms with Crippen LogP contribution in [0.25, 0.3) is 94.7 Å². The highest BCUT2D eigenvalue weighted by molar-refractivity contribution is 7.99. The average Bonchev–Trinajstić information content (AvgIpc) is 4.00. The maximum absolute atomic E-state index is 6.47. The first-order valence-corrected chi connectivity index (χ1v) is 22.4. The first kappa shape index (κ1) is 35.5. The molecule has 1 aliphatic carbocycles. The predicted octanol–water partition coefficient (Wildman–Crippen LogP) is 14.7. The van der Waals surface area contributed by atoms with Crippen LogP contribution in [0, 0.1) is 0 Å². The summed E-state index contributed by atoms with van der Waals surface area (Å²) in [4.78, 5) is 17.9. The van der Waals surface area contributed by atoms with Gasteiger partial charge in [0.25, 0.3) is 0 Å². The zero-order valence-electron chi connectivity index (χ0n) is 34.2. The Morgan fingerprint density at radius 1 is 0.391 bits per heavy atom. The molecular formula is C58H34N4OS. The number of hydrogen-bond donors (Lipinski definition) is 0. The van der Waals surface area contributed by atoms with Crippen molar-refractivity contribution in [2.75, 3.05) is 0 Å². The third-order valence-electron chi connectivity index (χ3n) is 13.3. The molecular weight excluding hydrogens is 801 g/mol. The first-order valence-electron chi connectivity index (χ1n) is 21.6. The van der Waals surface area contributed by atoms with Crippen LogP contribution in [0.15, 0.2) is 220 Å². The second kappa shape index (κ2) is 13.5. The van der Waals surface area contributed by atoms with E-state index in [1.165, 1.54) is 59.5 Å². The summed E-state index contributed by atoms with van der Waals surface area (Å²) >= 11 is 1.88. The summed E-state index contributed by atoms with van der Waals surface area (Å²) in [5.41, 5.74) is 15.0. The van der Waals surface area contributed by atoms with Gasteiger partial charge in [0.05, 0.1) is 22.0 Å². The van der Waals surface area contributed by atoms with Gasteiger partial charge in [-0.25, -0.2) is 15.0 Å². The zero-order valence-corrected chi connectivity index (χ0v) is 35.1. The van der Waals surface area contributed by atoms with Crippen molar-refractivity contribution in [3.05, 3.63) is 229 Å². The van der Waals surface area contributed by atoms with E-state index in [9.17, 15) is 0 Å². The minimum atomic E-state index is -0.469. The van der Waals surface area contributed by atoms with Gasteiger partial charge in [-0.3, -0.25) is 0 Å². The van der Waals surface area contributed by atoms with E-state index in [0.29, 0.717) is 17.5 Å². The fourth-order valence-electron chi connectivity index (χ4n) is 10.6. The predicted molar refractivity (Wildman–Crippen MR) is 259 cm³/mol. The molecule has 14 rings (SSSR count). The molecule has 64 heavy (non-hydrogen) atoms. The second-order valence-electron chi connectivity index (χ2n) is 16.7. The Labute approximate surface area is 372 Å². The Morgan fingerprint density at radius 2 is 0.984 bits per heavy atom. The average molecular weight is 835 g/mol. The molecule has 12 aromatic rings. The SMILES string of the molecule is c1ccc(-c2nc(-c3ccc(-n4c5ccccc5c5cc6c(cc54)C4(c5ccccc5Sc5ccccc54)c4ccccc4-6)cc3)nc(-c3cccc4c3oc3ccccc34)n2)cc1. The fraction of sp³-hybridized carbons (Fsp3) is 0.0172. The molecule has 0 amide bonds. The second-order valence-corrected chi connectivity index (χ2v) is 17.7. The zero-order chi connectivity index (χ0) is 41.9. The maximum Gasteiger partial charge on any atom is 0.167 e. The summed E-state index contributed by atoms with van der Waals surface area (Å²) in [6.45, 7) is 0. The molecule has 0 saturated carbocycles. The molecule has 1 aliphatic heterocycles. The Bertz CT molecular complexity index is 3840. The van der Waals surface area contributed by atoms with Crippen LogP contribution in [0.1, 0.15) is 22.3 Å². The van der Waals surface area contributed by atoms with Gasteiger partial charge in [0.2, 0.25) is 0 Å². The minimum absolute atomic E-state index is 0.469. The molecule has 0 radical (unpaired) electrons. The van der Waals surface area contributed by atoms with Gasteiger partial charge in [0, 0.05) is 48.2 Å². The van der Waals surface area contributed by atoms with Gasteiger partial charge < -0.3 is 8.98 Å². The van der Waals surface area contributed by atoms with Crippen molar-refractivity contribution in [3.63, 3.8) is 0 Å². The normalized spacial score (nSPS) is 13.4. The smallest absolute Gasteiger partial charge is 0.167 e. The van der Waals surface area contributed by atoms with Gasteiger partial charge in [-0.15, -0.1) is 0 Å². The summed E-state index contributed by atoms with van der Waals surface area (Å²) in [7, 11) is 0. The molecule has 1 spiro atoms. The van der Waals surface area contributed by atoms with Crippen molar-refractivity contribution in [2.45, 2.75) is 15.2 Å². The van der Waals surface area contributed by atoms with Crippen LogP contribution < -0.4 is 0 Å². The molecule has 0 N–H and O–H groups in total. The van der Waals surface area contributed by atoms with E-state index < -0.39 is 5.41 Å². The molecule has 5 nitrogen and oxygen atoms in total. The number of hydrogen-bond acceptors (Lipinski definition) is 5. The Hall–Kier alpha value is -8.06. The van der Waals surface area contributed by atoms with E-state index in [2.05, 4.69) is 150 Å². The van der Waals surface area contributed by atoms with Gasteiger partial charge in [0.1, 0.15) is 11.2 Å². The van der Waals surface area contributed by atoms with Crippen LogP contribution >= 0.6 is 11.8 Å². The number of benzene rings is 9. The number of fused-ring (bicyclic) bond motifs is 15. The van der Waals surface area contributed by atoms with E-state index in [1.807, 2.05) is 72.4 Å². The van der Waals surface area contributed by atoms with Gasteiger partial charge in [-0.1, -0.05) is 151 Å². The van der Waals surface area contributed by atoms with Gasteiger partial charge in [-0.2, -0.15) is 0 Å². The molecule has 0 atom stereocenters. The fourth-order valence-corrected chi connectivity index (χ4v) is 11.8. The summed E-state index contributed by atoms with van der Waals surface area (Å²) < 4.78 is 8.90. The van der Waals surface area contributed by atoms with Crippen molar-refractivity contribution >= 4 is 55.5 Å². The largest absolute Gasteiger partial charge is 0.455 e. The van der Waals surface area contributed by atoms with Gasteiger partial charge >= 0.3 is 0 Å². The monoisotopic (exact) mass is 834 g/mol. The van der Waals surface area contributed by atoms with Crippen molar-refractivity contribution in [1.82, 2.24) is 19.5 Å². The van der Waals surface area contributed by atoms with Gasteiger partial charge in [0.15, 0.2) is 17.5 Å². The third-order valence-corrected chi connectivity index (χ3v) is 14.5. The molecule has 0 bridgehead atoms. The highest BCUT2D eigenvalue weighted by Gasteiger charge is 2.50. The van der Waals surface area contributed by atoms with Gasteiger partial charge in [-0.05, 0) is 100 Å². The van der Waals surface area contributed by atoms with Crippen LogP contribution in [-0.4, -0.2) is 19.5 Å². The molecule has 3 aromatic heterocycles. The lowest BCUT2D eigenvalue weighted by Crippen LogP contribution is -2.31. The van der Waals surface area contributed by atoms with Crippen LogP contribution in [0.4, 0.5) is 0 Å².